The maximum Gasteiger partial charge on any atom is 0.0597 e. The quantitative estimate of drug-likeness (QED) is 0.473. The molecule has 0 aromatic rings. The standard InChI is InChI=1S/C22H45NO/c1-8-14-23(15-9-2)16-17-24-20-12-10-19(11-13-20)22(6,7)18-21(3,4)5/h19-20H,8-18H2,1-7H3. The van der Waals surface area contributed by atoms with Gasteiger partial charge in [-0.15, -0.1) is 0 Å². The highest BCUT2D eigenvalue weighted by Gasteiger charge is 2.36. The predicted octanol–water partition coefficient (Wildman–Crippen LogP) is 6.15. The van der Waals surface area contributed by atoms with Crippen LogP contribution in [-0.4, -0.2) is 37.2 Å². The summed E-state index contributed by atoms with van der Waals surface area (Å²) in [5.41, 5.74) is 0.890. The van der Waals surface area contributed by atoms with Crippen molar-refractivity contribution in [2.24, 2.45) is 16.7 Å². The van der Waals surface area contributed by atoms with E-state index in [2.05, 4.69) is 53.4 Å². The predicted molar refractivity (Wildman–Crippen MR) is 107 cm³/mol. The molecule has 0 amide bonds. The lowest BCUT2D eigenvalue weighted by Gasteiger charge is -2.42. The molecule has 1 saturated carbocycles. The van der Waals surface area contributed by atoms with Crippen molar-refractivity contribution in [1.29, 1.82) is 0 Å². The van der Waals surface area contributed by atoms with E-state index in [9.17, 15) is 0 Å². The molecule has 24 heavy (non-hydrogen) atoms. The highest BCUT2D eigenvalue weighted by molar-refractivity contribution is 4.86. The summed E-state index contributed by atoms with van der Waals surface area (Å²) in [5, 5.41) is 0. The van der Waals surface area contributed by atoms with Crippen LogP contribution in [0.2, 0.25) is 0 Å². The summed E-state index contributed by atoms with van der Waals surface area (Å²) in [4.78, 5) is 2.55. The Morgan fingerprint density at radius 2 is 1.38 bits per heavy atom. The summed E-state index contributed by atoms with van der Waals surface area (Å²) in [7, 11) is 0. The van der Waals surface area contributed by atoms with Gasteiger partial charge < -0.3 is 9.64 Å². The molecule has 0 aliphatic heterocycles. The molecule has 0 saturated heterocycles. The van der Waals surface area contributed by atoms with Gasteiger partial charge in [-0.1, -0.05) is 48.5 Å². The van der Waals surface area contributed by atoms with Crippen molar-refractivity contribution in [2.45, 2.75) is 99.5 Å². The molecule has 0 heterocycles. The van der Waals surface area contributed by atoms with Gasteiger partial charge in [0.05, 0.1) is 12.7 Å². The first-order valence-electron chi connectivity index (χ1n) is 10.5. The summed E-state index contributed by atoms with van der Waals surface area (Å²) in [5.74, 6) is 0.869. The maximum absolute atomic E-state index is 6.23. The fourth-order valence-electron chi connectivity index (χ4n) is 4.84. The third-order valence-electron chi connectivity index (χ3n) is 5.61. The Morgan fingerprint density at radius 1 is 0.833 bits per heavy atom. The van der Waals surface area contributed by atoms with Gasteiger partial charge >= 0.3 is 0 Å². The smallest absolute Gasteiger partial charge is 0.0597 e. The lowest BCUT2D eigenvalue weighted by molar-refractivity contribution is -0.0126. The van der Waals surface area contributed by atoms with Gasteiger partial charge in [-0.25, -0.2) is 0 Å². The van der Waals surface area contributed by atoms with Crippen molar-refractivity contribution in [3.8, 4) is 0 Å². The van der Waals surface area contributed by atoms with Gasteiger partial charge in [0, 0.05) is 6.54 Å². The molecule has 1 fully saturated rings. The summed E-state index contributed by atoms with van der Waals surface area (Å²) in [6.07, 6.45) is 9.54. The van der Waals surface area contributed by atoms with Crippen LogP contribution in [0.4, 0.5) is 0 Å². The van der Waals surface area contributed by atoms with Gasteiger partial charge in [-0.3, -0.25) is 0 Å². The zero-order chi connectivity index (χ0) is 18.2. The Hall–Kier alpha value is -0.0800. The van der Waals surface area contributed by atoms with E-state index in [1.807, 2.05) is 0 Å². The van der Waals surface area contributed by atoms with Crippen molar-refractivity contribution < 1.29 is 4.74 Å². The van der Waals surface area contributed by atoms with Crippen LogP contribution in [0.1, 0.15) is 93.4 Å². The second-order valence-corrected chi connectivity index (χ2v) is 9.91. The van der Waals surface area contributed by atoms with E-state index < -0.39 is 0 Å². The minimum Gasteiger partial charge on any atom is -0.377 e. The summed E-state index contributed by atoms with van der Waals surface area (Å²) >= 11 is 0. The minimum atomic E-state index is 0.429. The van der Waals surface area contributed by atoms with E-state index >= 15 is 0 Å². The van der Waals surface area contributed by atoms with E-state index in [-0.39, 0.29) is 0 Å². The molecular weight excluding hydrogens is 294 g/mol. The first-order chi connectivity index (χ1) is 11.2. The molecule has 0 spiro atoms. The maximum atomic E-state index is 6.23. The largest absolute Gasteiger partial charge is 0.377 e. The highest BCUT2D eigenvalue weighted by atomic mass is 16.5. The molecule has 1 rings (SSSR count). The second kappa shape index (κ2) is 10.2. The molecule has 144 valence electrons. The zero-order valence-electron chi connectivity index (χ0n) is 17.8. The number of hydrogen-bond donors (Lipinski definition) is 0. The third-order valence-corrected chi connectivity index (χ3v) is 5.61. The van der Waals surface area contributed by atoms with Gasteiger partial charge in [-0.05, 0) is 74.8 Å². The molecule has 1 aliphatic rings. The fraction of sp³-hybridized carbons (Fsp3) is 1.00. The lowest BCUT2D eigenvalue weighted by atomic mass is 9.64. The van der Waals surface area contributed by atoms with Gasteiger partial charge in [0.1, 0.15) is 0 Å². The molecule has 0 aromatic carbocycles. The van der Waals surface area contributed by atoms with Crippen molar-refractivity contribution in [1.82, 2.24) is 4.90 Å². The molecule has 0 N–H and O–H groups in total. The number of nitrogens with zero attached hydrogens (tertiary/aromatic N) is 1. The van der Waals surface area contributed by atoms with Crippen LogP contribution in [0.3, 0.4) is 0 Å². The molecule has 0 unspecified atom stereocenters. The normalized spacial score (nSPS) is 23.0. The van der Waals surface area contributed by atoms with Gasteiger partial charge in [-0.2, -0.15) is 0 Å². The van der Waals surface area contributed by atoms with E-state index in [4.69, 9.17) is 4.74 Å². The minimum absolute atomic E-state index is 0.429. The first-order valence-corrected chi connectivity index (χ1v) is 10.5. The van der Waals surface area contributed by atoms with Crippen molar-refractivity contribution in [3.63, 3.8) is 0 Å². The van der Waals surface area contributed by atoms with Crippen LogP contribution in [0.5, 0.6) is 0 Å². The highest BCUT2D eigenvalue weighted by Crippen LogP contribution is 2.45. The molecule has 1 aliphatic carbocycles. The van der Waals surface area contributed by atoms with Crippen molar-refractivity contribution >= 4 is 0 Å². The average Bonchev–Trinajstić information content (AvgIpc) is 2.46. The van der Waals surface area contributed by atoms with Crippen LogP contribution in [-0.2, 0) is 4.74 Å². The average molecular weight is 340 g/mol. The van der Waals surface area contributed by atoms with Crippen LogP contribution >= 0.6 is 0 Å². The Labute approximate surface area is 152 Å². The monoisotopic (exact) mass is 339 g/mol. The molecule has 2 heteroatoms. The Balaban J connectivity index is 2.30. The number of ether oxygens (including phenoxy) is 1. The van der Waals surface area contributed by atoms with Crippen LogP contribution in [0.25, 0.3) is 0 Å². The van der Waals surface area contributed by atoms with Crippen LogP contribution < -0.4 is 0 Å². The molecule has 0 atom stereocenters. The van der Waals surface area contributed by atoms with E-state index in [0.29, 0.717) is 16.9 Å². The Kier molecular flexibility index (Phi) is 9.30. The molecule has 2 nitrogen and oxygen atoms in total. The Morgan fingerprint density at radius 3 is 1.83 bits per heavy atom. The second-order valence-electron chi connectivity index (χ2n) is 9.91. The van der Waals surface area contributed by atoms with Gasteiger partial charge in [0.25, 0.3) is 0 Å². The van der Waals surface area contributed by atoms with Crippen LogP contribution in [0, 0.1) is 16.7 Å². The van der Waals surface area contributed by atoms with E-state index in [0.717, 1.165) is 19.1 Å². The molecule has 0 aromatic heterocycles. The van der Waals surface area contributed by atoms with Crippen LogP contribution in [0.15, 0.2) is 0 Å². The third kappa shape index (κ3) is 8.34. The molecular formula is C22H45NO. The van der Waals surface area contributed by atoms with E-state index in [1.165, 1.54) is 58.0 Å². The summed E-state index contributed by atoms with van der Waals surface area (Å²) in [6.45, 7) is 21.1. The topological polar surface area (TPSA) is 12.5 Å². The van der Waals surface area contributed by atoms with Crippen molar-refractivity contribution in [2.75, 3.05) is 26.2 Å². The Bertz CT molecular complexity index is 317. The molecule has 0 bridgehead atoms. The SMILES string of the molecule is CCCN(CCC)CCOC1CCC(C(C)(C)CC(C)(C)C)CC1. The fourth-order valence-corrected chi connectivity index (χ4v) is 4.84. The number of rotatable bonds is 10. The van der Waals surface area contributed by atoms with Crippen molar-refractivity contribution in [3.05, 3.63) is 0 Å². The summed E-state index contributed by atoms with van der Waals surface area (Å²) < 4.78 is 6.23. The van der Waals surface area contributed by atoms with E-state index in [1.54, 1.807) is 0 Å². The first kappa shape index (κ1) is 22.0. The molecule has 0 radical (unpaired) electrons. The van der Waals surface area contributed by atoms with Gasteiger partial charge in [0.15, 0.2) is 0 Å². The number of hydrogen-bond acceptors (Lipinski definition) is 2. The lowest BCUT2D eigenvalue weighted by Crippen LogP contribution is -2.35. The summed E-state index contributed by atoms with van der Waals surface area (Å²) in [6, 6.07) is 0. The zero-order valence-corrected chi connectivity index (χ0v) is 17.8. The van der Waals surface area contributed by atoms with Gasteiger partial charge in [0.2, 0.25) is 0 Å².